The van der Waals surface area contributed by atoms with Crippen molar-refractivity contribution in [2.75, 3.05) is 33.2 Å². The topological polar surface area (TPSA) is 32.5 Å². The molecule has 0 spiro atoms. The van der Waals surface area contributed by atoms with Crippen LogP contribution < -0.4 is 5.73 Å². The van der Waals surface area contributed by atoms with Crippen LogP contribution in [0.5, 0.6) is 0 Å². The van der Waals surface area contributed by atoms with Gasteiger partial charge in [0.2, 0.25) is 0 Å². The van der Waals surface area contributed by atoms with E-state index in [1.807, 2.05) is 0 Å². The lowest BCUT2D eigenvalue weighted by Crippen LogP contribution is -2.58. The molecule has 2 rings (SSSR count). The van der Waals surface area contributed by atoms with Gasteiger partial charge in [-0.2, -0.15) is 0 Å². The summed E-state index contributed by atoms with van der Waals surface area (Å²) >= 11 is 0. The van der Waals surface area contributed by atoms with Gasteiger partial charge in [0.1, 0.15) is 5.82 Å². The summed E-state index contributed by atoms with van der Waals surface area (Å²) in [6.07, 6.45) is 0. The summed E-state index contributed by atoms with van der Waals surface area (Å²) in [5.74, 6) is -0.211. The van der Waals surface area contributed by atoms with Crippen LogP contribution in [0.4, 0.5) is 4.39 Å². The summed E-state index contributed by atoms with van der Waals surface area (Å²) in [5.41, 5.74) is 7.40. The van der Waals surface area contributed by atoms with Gasteiger partial charge in [0.25, 0.3) is 0 Å². The van der Waals surface area contributed by atoms with E-state index >= 15 is 0 Å². The molecule has 1 aromatic rings. The summed E-state index contributed by atoms with van der Waals surface area (Å²) in [6, 6.07) is 6.45. The van der Waals surface area contributed by atoms with Crippen LogP contribution >= 0.6 is 0 Å². The average Bonchev–Trinajstić information content (AvgIpc) is 2.34. The molecule has 1 aliphatic rings. The Morgan fingerprint density at radius 1 is 1.26 bits per heavy atom. The normalized spacial score (nSPS) is 22.4. The minimum Gasteiger partial charge on any atom is -0.323 e. The number of hydrogen-bond acceptors (Lipinski definition) is 3. The smallest absolute Gasteiger partial charge is 0.123 e. The third-order valence-corrected chi connectivity index (χ3v) is 4.15. The van der Waals surface area contributed by atoms with Crippen LogP contribution in [-0.2, 0) is 0 Å². The highest BCUT2D eigenvalue weighted by Crippen LogP contribution is 2.21. The Labute approximate surface area is 115 Å². The van der Waals surface area contributed by atoms with Gasteiger partial charge in [-0.05, 0) is 38.6 Å². The number of likely N-dealkylation sites (N-methyl/N-ethyl adjacent to an activating group) is 1. The molecular formula is C15H24FN3. The van der Waals surface area contributed by atoms with Crippen LogP contribution in [0.3, 0.4) is 0 Å². The lowest BCUT2D eigenvalue weighted by molar-refractivity contribution is 0.0372. The molecule has 1 saturated heterocycles. The number of nitrogens with zero attached hydrogens (tertiary/aromatic N) is 2. The molecule has 0 radical (unpaired) electrons. The van der Waals surface area contributed by atoms with Crippen molar-refractivity contribution in [1.82, 2.24) is 9.80 Å². The number of hydrogen-bond donors (Lipinski definition) is 1. The van der Waals surface area contributed by atoms with E-state index in [0.717, 1.165) is 31.7 Å². The Kier molecular flexibility index (Phi) is 4.23. The van der Waals surface area contributed by atoms with E-state index in [0.29, 0.717) is 0 Å². The minimum absolute atomic E-state index is 0.0557. The van der Waals surface area contributed by atoms with Gasteiger partial charge in [-0.3, -0.25) is 9.80 Å². The average molecular weight is 265 g/mol. The van der Waals surface area contributed by atoms with E-state index in [2.05, 4.69) is 30.7 Å². The number of rotatable bonds is 3. The highest BCUT2D eigenvalue weighted by molar-refractivity contribution is 5.19. The van der Waals surface area contributed by atoms with E-state index in [9.17, 15) is 4.39 Å². The summed E-state index contributed by atoms with van der Waals surface area (Å²) < 4.78 is 12.9. The standard InChI is InChI=1S/C15H24FN3/c1-15(2)11-19(9-8-18(15)3)10-14(17)12-4-6-13(16)7-5-12/h4-7,14H,8-11,17H2,1-3H3. The van der Waals surface area contributed by atoms with E-state index in [-0.39, 0.29) is 17.4 Å². The maximum Gasteiger partial charge on any atom is 0.123 e. The lowest BCUT2D eigenvalue weighted by Gasteiger charge is -2.46. The molecular weight excluding hydrogens is 241 g/mol. The van der Waals surface area contributed by atoms with Crippen molar-refractivity contribution < 1.29 is 4.39 Å². The van der Waals surface area contributed by atoms with Crippen molar-refractivity contribution in [3.8, 4) is 0 Å². The Balaban J connectivity index is 1.96. The molecule has 0 saturated carbocycles. The Hall–Kier alpha value is -0.970. The second kappa shape index (κ2) is 5.57. The molecule has 2 N–H and O–H groups in total. The number of benzene rings is 1. The monoisotopic (exact) mass is 265 g/mol. The van der Waals surface area contributed by atoms with Crippen molar-refractivity contribution in [1.29, 1.82) is 0 Å². The Bertz CT molecular complexity index is 416. The first-order valence-corrected chi connectivity index (χ1v) is 6.83. The van der Waals surface area contributed by atoms with Crippen molar-refractivity contribution >= 4 is 0 Å². The summed E-state index contributed by atoms with van der Waals surface area (Å²) in [5, 5.41) is 0. The molecule has 0 bridgehead atoms. The van der Waals surface area contributed by atoms with Gasteiger partial charge in [-0.15, -0.1) is 0 Å². The molecule has 1 aromatic carbocycles. The quantitative estimate of drug-likeness (QED) is 0.905. The van der Waals surface area contributed by atoms with Crippen LogP contribution in [0.15, 0.2) is 24.3 Å². The van der Waals surface area contributed by atoms with E-state index < -0.39 is 0 Å². The zero-order valence-electron chi connectivity index (χ0n) is 12.1. The zero-order valence-corrected chi connectivity index (χ0v) is 12.1. The molecule has 0 aliphatic carbocycles. The van der Waals surface area contributed by atoms with E-state index in [4.69, 9.17) is 5.73 Å². The maximum atomic E-state index is 12.9. The Morgan fingerprint density at radius 3 is 2.47 bits per heavy atom. The highest BCUT2D eigenvalue weighted by Gasteiger charge is 2.31. The number of piperazine rings is 1. The number of halogens is 1. The molecule has 19 heavy (non-hydrogen) atoms. The van der Waals surface area contributed by atoms with Crippen LogP contribution in [0.25, 0.3) is 0 Å². The number of nitrogens with two attached hydrogens (primary N) is 1. The molecule has 0 aromatic heterocycles. The molecule has 1 unspecified atom stereocenters. The summed E-state index contributed by atoms with van der Waals surface area (Å²) in [4.78, 5) is 4.78. The predicted octanol–water partition coefficient (Wildman–Crippen LogP) is 1.85. The fourth-order valence-electron chi connectivity index (χ4n) is 2.59. The van der Waals surface area contributed by atoms with Crippen LogP contribution in [0, 0.1) is 5.82 Å². The van der Waals surface area contributed by atoms with Crippen LogP contribution in [-0.4, -0.2) is 48.6 Å². The maximum absolute atomic E-state index is 12.9. The van der Waals surface area contributed by atoms with Gasteiger partial charge in [0.15, 0.2) is 0 Å². The zero-order chi connectivity index (χ0) is 14.0. The van der Waals surface area contributed by atoms with Gasteiger partial charge < -0.3 is 5.73 Å². The van der Waals surface area contributed by atoms with Crippen molar-refractivity contribution in [3.63, 3.8) is 0 Å². The molecule has 106 valence electrons. The third kappa shape index (κ3) is 3.53. The van der Waals surface area contributed by atoms with Crippen LogP contribution in [0.1, 0.15) is 25.5 Å². The van der Waals surface area contributed by atoms with Crippen molar-refractivity contribution in [3.05, 3.63) is 35.6 Å². The fraction of sp³-hybridized carbons (Fsp3) is 0.600. The van der Waals surface area contributed by atoms with Crippen molar-refractivity contribution in [2.24, 2.45) is 5.73 Å². The van der Waals surface area contributed by atoms with Gasteiger partial charge in [0.05, 0.1) is 0 Å². The van der Waals surface area contributed by atoms with E-state index in [1.54, 1.807) is 12.1 Å². The SMILES string of the molecule is CN1CCN(CC(N)c2ccc(F)cc2)CC1(C)C. The lowest BCUT2D eigenvalue weighted by atomic mass is 9.98. The highest BCUT2D eigenvalue weighted by atomic mass is 19.1. The summed E-state index contributed by atoms with van der Waals surface area (Å²) in [7, 11) is 2.16. The minimum atomic E-state index is -0.211. The predicted molar refractivity (Wildman–Crippen MR) is 76.5 cm³/mol. The molecule has 1 fully saturated rings. The van der Waals surface area contributed by atoms with Crippen LogP contribution in [0.2, 0.25) is 0 Å². The second-order valence-electron chi connectivity index (χ2n) is 6.13. The Morgan fingerprint density at radius 2 is 1.89 bits per heavy atom. The molecule has 3 nitrogen and oxygen atoms in total. The van der Waals surface area contributed by atoms with Gasteiger partial charge in [0, 0.05) is 37.8 Å². The summed E-state index contributed by atoms with van der Waals surface area (Å²) in [6.45, 7) is 8.43. The first kappa shape index (κ1) is 14.4. The molecule has 1 heterocycles. The first-order valence-electron chi connectivity index (χ1n) is 6.83. The molecule has 1 aliphatic heterocycles. The van der Waals surface area contributed by atoms with Crippen molar-refractivity contribution in [2.45, 2.75) is 25.4 Å². The first-order chi connectivity index (χ1) is 8.88. The molecule has 4 heteroatoms. The van der Waals surface area contributed by atoms with E-state index in [1.165, 1.54) is 12.1 Å². The second-order valence-corrected chi connectivity index (χ2v) is 6.13. The van der Waals surface area contributed by atoms with Gasteiger partial charge in [-0.25, -0.2) is 4.39 Å². The fourth-order valence-corrected chi connectivity index (χ4v) is 2.59. The molecule has 0 amide bonds. The third-order valence-electron chi connectivity index (χ3n) is 4.15. The van der Waals surface area contributed by atoms with Gasteiger partial charge >= 0.3 is 0 Å². The largest absolute Gasteiger partial charge is 0.323 e. The molecule has 1 atom stereocenters. The van der Waals surface area contributed by atoms with Gasteiger partial charge in [-0.1, -0.05) is 12.1 Å².